The van der Waals surface area contributed by atoms with E-state index in [0.717, 1.165) is 34.6 Å². The molecule has 1 amide bonds. The number of nitrogens with one attached hydrogen (secondary N) is 1. The molecule has 6 heteroatoms. The molecule has 0 fully saturated rings. The zero-order chi connectivity index (χ0) is 22.0. The maximum Gasteiger partial charge on any atom is 0.224 e. The van der Waals surface area contributed by atoms with Gasteiger partial charge in [-0.05, 0) is 47.9 Å². The Labute approximate surface area is 178 Å². The van der Waals surface area contributed by atoms with E-state index in [2.05, 4.69) is 5.32 Å². The van der Waals surface area contributed by atoms with Gasteiger partial charge < -0.3 is 10.1 Å². The van der Waals surface area contributed by atoms with Gasteiger partial charge in [-0.3, -0.25) is 9.59 Å². The molecule has 4 rings (SSSR count). The van der Waals surface area contributed by atoms with Gasteiger partial charge in [-0.25, -0.2) is 8.78 Å². The Morgan fingerprint density at radius 1 is 1.03 bits per heavy atom. The fraction of sp³-hybridized carbons (Fsp3) is 0.200. The van der Waals surface area contributed by atoms with Crippen LogP contribution < -0.4 is 10.1 Å². The first-order valence-electron chi connectivity index (χ1n) is 10.0. The minimum atomic E-state index is -0.738. The predicted molar refractivity (Wildman–Crippen MR) is 113 cm³/mol. The average molecular weight is 421 g/mol. The summed E-state index contributed by atoms with van der Waals surface area (Å²) in [4.78, 5) is 24.1. The van der Waals surface area contributed by atoms with E-state index in [0.29, 0.717) is 12.0 Å². The Bertz CT molecular complexity index is 1140. The van der Waals surface area contributed by atoms with Crippen molar-refractivity contribution in [3.05, 3.63) is 89.0 Å². The highest BCUT2D eigenvalue weighted by molar-refractivity contribution is 6.00. The van der Waals surface area contributed by atoms with E-state index in [1.54, 1.807) is 13.0 Å². The molecular weight excluding hydrogens is 400 g/mol. The lowest BCUT2D eigenvalue weighted by atomic mass is 9.95. The molecule has 3 aromatic rings. The van der Waals surface area contributed by atoms with Crippen molar-refractivity contribution in [1.29, 1.82) is 0 Å². The number of hydrogen-bond acceptors (Lipinski definition) is 3. The number of fused-ring (bicyclic) bond motifs is 1. The summed E-state index contributed by atoms with van der Waals surface area (Å²) in [5, 5.41) is 2.69. The minimum Gasteiger partial charge on any atom is -0.488 e. The van der Waals surface area contributed by atoms with Crippen LogP contribution in [0.3, 0.4) is 0 Å². The second-order valence-corrected chi connectivity index (χ2v) is 7.55. The topological polar surface area (TPSA) is 55.4 Å². The highest BCUT2D eigenvalue weighted by Crippen LogP contribution is 2.34. The highest BCUT2D eigenvalue weighted by atomic mass is 19.1. The summed E-state index contributed by atoms with van der Waals surface area (Å²) in [6.07, 6.45) is -0.0631. The molecule has 0 radical (unpaired) electrons. The molecule has 1 aliphatic heterocycles. The first-order valence-corrected chi connectivity index (χ1v) is 10.0. The summed E-state index contributed by atoms with van der Waals surface area (Å²) in [6, 6.07) is 16.7. The van der Waals surface area contributed by atoms with Gasteiger partial charge in [0.2, 0.25) is 5.91 Å². The van der Waals surface area contributed by atoms with Gasteiger partial charge in [-0.2, -0.15) is 0 Å². The Morgan fingerprint density at radius 3 is 2.52 bits per heavy atom. The summed E-state index contributed by atoms with van der Waals surface area (Å²) in [6.45, 7) is 1.77. The van der Waals surface area contributed by atoms with Crippen LogP contribution >= 0.6 is 0 Å². The van der Waals surface area contributed by atoms with Crippen LogP contribution in [0.4, 0.5) is 8.78 Å². The van der Waals surface area contributed by atoms with Crippen LogP contribution in [-0.4, -0.2) is 24.3 Å². The van der Waals surface area contributed by atoms with Gasteiger partial charge in [-0.1, -0.05) is 36.4 Å². The molecule has 1 N–H and O–H groups in total. The van der Waals surface area contributed by atoms with Gasteiger partial charge in [0.25, 0.3) is 0 Å². The number of carbonyl (C=O) groups is 2. The van der Waals surface area contributed by atoms with Gasteiger partial charge in [0.05, 0.1) is 13.0 Å². The predicted octanol–water partition coefficient (Wildman–Crippen LogP) is 4.50. The lowest BCUT2D eigenvalue weighted by Gasteiger charge is -2.12. The van der Waals surface area contributed by atoms with Crippen LogP contribution in [0.15, 0.2) is 60.7 Å². The third-order valence-corrected chi connectivity index (χ3v) is 5.34. The van der Waals surface area contributed by atoms with E-state index in [1.165, 1.54) is 6.07 Å². The first-order chi connectivity index (χ1) is 14.9. The second-order valence-electron chi connectivity index (χ2n) is 7.55. The summed E-state index contributed by atoms with van der Waals surface area (Å²) >= 11 is 0. The fourth-order valence-corrected chi connectivity index (χ4v) is 3.80. The number of rotatable bonds is 6. The molecular formula is C25H21F2NO3. The van der Waals surface area contributed by atoms with Crippen molar-refractivity contribution in [1.82, 2.24) is 5.32 Å². The van der Waals surface area contributed by atoms with Crippen molar-refractivity contribution in [2.24, 2.45) is 0 Å². The number of ketones is 1. The van der Waals surface area contributed by atoms with Crippen molar-refractivity contribution in [2.75, 3.05) is 6.54 Å². The zero-order valence-corrected chi connectivity index (χ0v) is 17.0. The first kappa shape index (κ1) is 20.7. The van der Waals surface area contributed by atoms with Crippen LogP contribution in [-0.2, 0) is 17.6 Å². The van der Waals surface area contributed by atoms with Crippen molar-refractivity contribution in [3.63, 3.8) is 0 Å². The molecule has 1 heterocycles. The SMILES string of the molecule is CC(=O)c1ccccc1-c1ccc2c(c1)CC(CNC(=O)Cc1c(F)cccc1F)O2. The maximum absolute atomic E-state index is 13.7. The average Bonchev–Trinajstić information content (AvgIpc) is 3.17. The van der Waals surface area contributed by atoms with Crippen molar-refractivity contribution in [3.8, 4) is 16.9 Å². The number of amides is 1. The summed E-state index contributed by atoms with van der Waals surface area (Å²) in [5.74, 6) is -1.22. The van der Waals surface area contributed by atoms with E-state index >= 15 is 0 Å². The third kappa shape index (κ3) is 4.48. The monoisotopic (exact) mass is 421 g/mol. The molecule has 0 saturated carbocycles. The van der Waals surface area contributed by atoms with Crippen LogP contribution in [0.5, 0.6) is 5.75 Å². The van der Waals surface area contributed by atoms with Crippen LogP contribution in [0, 0.1) is 11.6 Å². The summed E-state index contributed by atoms with van der Waals surface area (Å²) in [5.41, 5.74) is 3.18. The standard InChI is InChI=1S/C25H21F2NO3/c1-15(29)19-5-2-3-6-20(19)16-9-10-24-17(11-16)12-18(31-24)14-28-25(30)13-21-22(26)7-4-8-23(21)27/h2-11,18H,12-14H2,1H3,(H,28,30). The number of halogens is 2. The van der Waals surface area contributed by atoms with Gasteiger partial charge in [0.1, 0.15) is 23.5 Å². The Hall–Kier alpha value is -3.54. The number of carbonyl (C=O) groups excluding carboxylic acids is 2. The van der Waals surface area contributed by atoms with Gasteiger partial charge >= 0.3 is 0 Å². The molecule has 0 bridgehead atoms. The van der Waals surface area contributed by atoms with E-state index in [1.807, 2.05) is 36.4 Å². The highest BCUT2D eigenvalue weighted by Gasteiger charge is 2.24. The molecule has 0 saturated heterocycles. The molecule has 0 spiro atoms. The smallest absolute Gasteiger partial charge is 0.224 e. The maximum atomic E-state index is 13.7. The van der Waals surface area contributed by atoms with E-state index < -0.39 is 17.5 Å². The lowest BCUT2D eigenvalue weighted by Crippen LogP contribution is -2.35. The van der Waals surface area contributed by atoms with Crippen molar-refractivity contribution < 1.29 is 23.1 Å². The number of benzene rings is 3. The van der Waals surface area contributed by atoms with Gasteiger partial charge in [0, 0.05) is 17.5 Å². The van der Waals surface area contributed by atoms with Crippen molar-refractivity contribution >= 4 is 11.7 Å². The molecule has 158 valence electrons. The van der Waals surface area contributed by atoms with Crippen LogP contribution in [0.1, 0.15) is 28.4 Å². The van der Waals surface area contributed by atoms with Gasteiger partial charge in [-0.15, -0.1) is 0 Å². The van der Waals surface area contributed by atoms with E-state index in [-0.39, 0.29) is 30.4 Å². The minimum absolute atomic E-state index is 0.000716. The number of hydrogen-bond donors (Lipinski definition) is 1. The molecule has 0 aromatic heterocycles. The Kier molecular flexibility index (Phi) is 5.80. The van der Waals surface area contributed by atoms with Crippen molar-refractivity contribution in [2.45, 2.75) is 25.9 Å². The van der Waals surface area contributed by atoms with Crippen LogP contribution in [0.2, 0.25) is 0 Å². The molecule has 1 aliphatic rings. The Balaban J connectivity index is 1.41. The molecule has 0 aliphatic carbocycles. The normalized spacial score (nSPS) is 14.6. The summed E-state index contributed by atoms with van der Waals surface area (Å²) in [7, 11) is 0. The number of ether oxygens (including phenoxy) is 1. The lowest BCUT2D eigenvalue weighted by molar-refractivity contribution is -0.120. The fourth-order valence-electron chi connectivity index (χ4n) is 3.80. The second kappa shape index (κ2) is 8.68. The molecule has 1 unspecified atom stereocenters. The van der Waals surface area contributed by atoms with Crippen LogP contribution in [0.25, 0.3) is 11.1 Å². The quantitative estimate of drug-likeness (QED) is 0.597. The summed E-state index contributed by atoms with van der Waals surface area (Å²) < 4.78 is 33.3. The molecule has 1 atom stereocenters. The molecule has 3 aromatic carbocycles. The molecule has 4 nitrogen and oxygen atoms in total. The largest absolute Gasteiger partial charge is 0.488 e. The van der Waals surface area contributed by atoms with Gasteiger partial charge in [0.15, 0.2) is 5.78 Å². The van der Waals surface area contributed by atoms with E-state index in [4.69, 9.17) is 4.74 Å². The molecule has 31 heavy (non-hydrogen) atoms. The van der Waals surface area contributed by atoms with E-state index in [9.17, 15) is 18.4 Å². The number of Topliss-reactive ketones (excluding diaryl/α,β-unsaturated/α-hetero) is 1. The third-order valence-electron chi connectivity index (χ3n) is 5.34. The Morgan fingerprint density at radius 2 is 1.77 bits per heavy atom. The zero-order valence-electron chi connectivity index (χ0n) is 17.0.